The summed E-state index contributed by atoms with van der Waals surface area (Å²) in [7, 11) is 0. The summed E-state index contributed by atoms with van der Waals surface area (Å²) in [6.07, 6.45) is 0. The van der Waals surface area contributed by atoms with Crippen molar-refractivity contribution in [2.24, 2.45) is 0 Å². The van der Waals surface area contributed by atoms with Gasteiger partial charge in [-0.1, -0.05) is 37.3 Å². The lowest BCUT2D eigenvalue weighted by Gasteiger charge is -2.22. The van der Waals surface area contributed by atoms with Crippen molar-refractivity contribution >= 4 is 15.9 Å². The number of benzene rings is 2. The van der Waals surface area contributed by atoms with Crippen molar-refractivity contribution < 1.29 is 8.78 Å². The molecule has 2 aromatic rings. The first kappa shape index (κ1) is 15.1. The maximum absolute atomic E-state index is 13.8. The van der Waals surface area contributed by atoms with Crippen LogP contribution in [-0.4, -0.2) is 6.54 Å². The van der Waals surface area contributed by atoms with E-state index < -0.39 is 11.6 Å². The van der Waals surface area contributed by atoms with Gasteiger partial charge in [0.1, 0.15) is 0 Å². The molecule has 1 N–H and O–H groups in total. The normalized spacial score (nSPS) is 12.4. The fraction of sp³-hybridized carbons (Fsp3) is 0.250. The van der Waals surface area contributed by atoms with Gasteiger partial charge in [-0.25, -0.2) is 8.78 Å². The predicted molar refractivity (Wildman–Crippen MR) is 80.8 cm³/mol. The van der Waals surface area contributed by atoms with E-state index in [4.69, 9.17) is 0 Å². The molecule has 1 unspecified atom stereocenters. The lowest BCUT2D eigenvalue weighted by atomic mass is 9.95. The minimum atomic E-state index is -0.848. The van der Waals surface area contributed by atoms with E-state index in [9.17, 15) is 8.78 Å². The van der Waals surface area contributed by atoms with Gasteiger partial charge in [-0.3, -0.25) is 0 Å². The third kappa shape index (κ3) is 2.91. The second kappa shape index (κ2) is 6.46. The monoisotopic (exact) mass is 339 g/mol. The second-order valence-corrected chi connectivity index (χ2v) is 5.40. The van der Waals surface area contributed by atoms with Crippen LogP contribution in [0.5, 0.6) is 0 Å². The van der Waals surface area contributed by atoms with Crippen molar-refractivity contribution in [1.82, 2.24) is 5.32 Å². The Morgan fingerprint density at radius 3 is 2.45 bits per heavy atom. The highest BCUT2D eigenvalue weighted by molar-refractivity contribution is 9.10. The van der Waals surface area contributed by atoms with Crippen LogP contribution in [0.25, 0.3) is 0 Å². The Balaban J connectivity index is 2.55. The maximum atomic E-state index is 13.8. The number of aryl methyl sites for hydroxylation is 1. The Morgan fingerprint density at radius 2 is 1.80 bits per heavy atom. The lowest BCUT2D eigenvalue weighted by molar-refractivity contribution is 0.498. The van der Waals surface area contributed by atoms with E-state index in [0.29, 0.717) is 5.56 Å². The molecule has 106 valence electrons. The van der Waals surface area contributed by atoms with E-state index in [1.165, 1.54) is 0 Å². The third-order valence-electron chi connectivity index (χ3n) is 3.28. The van der Waals surface area contributed by atoms with Gasteiger partial charge in [0.05, 0.1) is 10.5 Å². The molecule has 20 heavy (non-hydrogen) atoms. The molecule has 0 aliphatic carbocycles. The molecule has 1 nitrogen and oxygen atoms in total. The highest BCUT2D eigenvalue weighted by Crippen LogP contribution is 2.32. The molecule has 2 aromatic carbocycles. The van der Waals surface area contributed by atoms with Crippen LogP contribution < -0.4 is 5.32 Å². The molecule has 1 atom stereocenters. The fourth-order valence-corrected chi connectivity index (χ4v) is 2.82. The average molecular weight is 340 g/mol. The van der Waals surface area contributed by atoms with Crippen LogP contribution in [0.1, 0.15) is 29.7 Å². The summed E-state index contributed by atoms with van der Waals surface area (Å²) < 4.78 is 27.2. The zero-order chi connectivity index (χ0) is 14.7. The van der Waals surface area contributed by atoms with Gasteiger partial charge < -0.3 is 5.32 Å². The van der Waals surface area contributed by atoms with Crippen LogP contribution in [0.3, 0.4) is 0 Å². The molecule has 2 rings (SSSR count). The van der Waals surface area contributed by atoms with Crippen LogP contribution in [0, 0.1) is 18.6 Å². The molecule has 0 spiro atoms. The zero-order valence-electron chi connectivity index (χ0n) is 11.4. The van der Waals surface area contributed by atoms with Crippen LogP contribution in [-0.2, 0) is 0 Å². The molecule has 0 aromatic heterocycles. The van der Waals surface area contributed by atoms with Crippen LogP contribution >= 0.6 is 15.9 Å². The standard InChI is InChI=1S/C16H16BrF2N/c1-3-20-16(11-7-5-4-6-10(11)2)12-8-9-13(18)15(19)14(12)17/h4-9,16,20H,3H2,1-2H3. The fourth-order valence-electron chi connectivity index (χ4n) is 2.27. The molecule has 0 saturated carbocycles. The lowest BCUT2D eigenvalue weighted by Crippen LogP contribution is -2.23. The minimum absolute atomic E-state index is 0.173. The average Bonchev–Trinajstić information content (AvgIpc) is 2.44. The molecular formula is C16H16BrF2N. The summed E-state index contributed by atoms with van der Waals surface area (Å²) in [5, 5.41) is 3.32. The van der Waals surface area contributed by atoms with Gasteiger partial charge in [0.15, 0.2) is 11.6 Å². The van der Waals surface area contributed by atoms with Gasteiger partial charge in [-0.2, -0.15) is 0 Å². The number of rotatable bonds is 4. The topological polar surface area (TPSA) is 12.0 Å². The third-order valence-corrected chi connectivity index (χ3v) is 4.09. The Labute approximate surface area is 126 Å². The summed E-state index contributed by atoms with van der Waals surface area (Å²) in [6, 6.07) is 10.5. The summed E-state index contributed by atoms with van der Waals surface area (Å²) in [4.78, 5) is 0. The molecule has 0 amide bonds. The summed E-state index contributed by atoms with van der Waals surface area (Å²) in [5.41, 5.74) is 2.86. The molecule has 0 aliphatic heterocycles. The zero-order valence-corrected chi connectivity index (χ0v) is 13.0. The van der Waals surface area contributed by atoms with Gasteiger partial charge in [0.25, 0.3) is 0 Å². The van der Waals surface area contributed by atoms with Crippen LogP contribution in [0.2, 0.25) is 0 Å². The van der Waals surface area contributed by atoms with Crippen molar-refractivity contribution in [3.05, 3.63) is 69.2 Å². The van der Waals surface area contributed by atoms with Crippen LogP contribution in [0.4, 0.5) is 8.78 Å². The number of nitrogens with one attached hydrogen (secondary N) is 1. The van der Waals surface area contributed by atoms with E-state index in [2.05, 4.69) is 21.2 Å². The van der Waals surface area contributed by atoms with Crippen molar-refractivity contribution in [2.45, 2.75) is 19.9 Å². The van der Waals surface area contributed by atoms with Crippen molar-refractivity contribution in [3.63, 3.8) is 0 Å². The molecule has 0 fully saturated rings. The Hall–Kier alpha value is -1.26. The Morgan fingerprint density at radius 1 is 1.10 bits per heavy atom. The molecule has 4 heteroatoms. The number of halogens is 3. The SMILES string of the molecule is CCNC(c1ccccc1C)c1ccc(F)c(F)c1Br. The van der Waals surface area contributed by atoms with Gasteiger partial charge in [0, 0.05) is 0 Å². The first-order valence-electron chi connectivity index (χ1n) is 6.48. The van der Waals surface area contributed by atoms with Gasteiger partial charge >= 0.3 is 0 Å². The quantitative estimate of drug-likeness (QED) is 0.793. The van der Waals surface area contributed by atoms with Gasteiger partial charge in [-0.15, -0.1) is 0 Å². The second-order valence-electron chi connectivity index (χ2n) is 4.61. The Bertz CT molecular complexity index is 613. The molecule has 0 heterocycles. The van der Waals surface area contributed by atoms with Crippen molar-refractivity contribution in [2.75, 3.05) is 6.54 Å². The highest BCUT2D eigenvalue weighted by Gasteiger charge is 2.21. The van der Waals surface area contributed by atoms with Gasteiger partial charge in [-0.05, 0) is 52.2 Å². The predicted octanol–water partition coefficient (Wildman–Crippen LogP) is 4.73. The first-order chi connectivity index (χ1) is 9.56. The number of hydrogen-bond donors (Lipinski definition) is 1. The van der Waals surface area contributed by atoms with Crippen molar-refractivity contribution in [3.8, 4) is 0 Å². The maximum Gasteiger partial charge on any atom is 0.173 e. The van der Waals surface area contributed by atoms with Gasteiger partial charge in [0.2, 0.25) is 0 Å². The number of hydrogen-bond acceptors (Lipinski definition) is 1. The smallest absolute Gasteiger partial charge is 0.173 e. The van der Waals surface area contributed by atoms with E-state index in [0.717, 1.165) is 23.7 Å². The van der Waals surface area contributed by atoms with E-state index in [1.54, 1.807) is 6.07 Å². The molecule has 0 saturated heterocycles. The highest BCUT2D eigenvalue weighted by atomic mass is 79.9. The molecule has 0 radical (unpaired) electrons. The summed E-state index contributed by atoms with van der Waals surface area (Å²) in [6.45, 7) is 4.72. The molecule has 0 bridgehead atoms. The van der Waals surface area contributed by atoms with Crippen LogP contribution in [0.15, 0.2) is 40.9 Å². The first-order valence-corrected chi connectivity index (χ1v) is 7.27. The molecular weight excluding hydrogens is 324 g/mol. The largest absolute Gasteiger partial charge is 0.306 e. The summed E-state index contributed by atoms with van der Waals surface area (Å²) in [5.74, 6) is -1.69. The van der Waals surface area contributed by atoms with E-state index in [-0.39, 0.29) is 10.5 Å². The Kier molecular flexibility index (Phi) is 4.89. The van der Waals surface area contributed by atoms with E-state index >= 15 is 0 Å². The summed E-state index contributed by atoms with van der Waals surface area (Å²) >= 11 is 3.17. The molecule has 0 aliphatic rings. The van der Waals surface area contributed by atoms with E-state index in [1.807, 2.05) is 38.1 Å². The van der Waals surface area contributed by atoms with Crippen molar-refractivity contribution in [1.29, 1.82) is 0 Å². The minimum Gasteiger partial charge on any atom is -0.306 e.